The molecule has 1 aromatic carbocycles. The topological polar surface area (TPSA) is 78.4 Å². The molecule has 0 aliphatic carbocycles. The molecule has 2 rings (SSSR count). The molecule has 0 radical (unpaired) electrons. The molecule has 7 heteroatoms. The molecule has 138 valence electrons. The Morgan fingerprint density at radius 1 is 1.15 bits per heavy atom. The van der Waals surface area contributed by atoms with Crippen molar-refractivity contribution in [3.63, 3.8) is 0 Å². The van der Waals surface area contributed by atoms with Crippen LogP contribution in [0.1, 0.15) is 24.6 Å². The Hall–Kier alpha value is -2.60. The second-order valence-electron chi connectivity index (χ2n) is 5.71. The molecule has 0 saturated carbocycles. The van der Waals surface area contributed by atoms with Crippen LogP contribution in [0, 0.1) is 6.92 Å². The summed E-state index contributed by atoms with van der Waals surface area (Å²) in [6.45, 7) is 5.63. The van der Waals surface area contributed by atoms with Gasteiger partial charge in [-0.1, -0.05) is 29.8 Å². The van der Waals surface area contributed by atoms with Crippen LogP contribution in [-0.4, -0.2) is 29.9 Å². The summed E-state index contributed by atoms with van der Waals surface area (Å²) in [5.74, 6) is 1.14. The molecular weight excluding hydrogens is 350 g/mol. The van der Waals surface area contributed by atoms with Gasteiger partial charge in [0, 0.05) is 30.2 Å². The molecule has 0 bridgehead atoms. The molecule has 0 unspecified atom stereocenters. The van der Waals surface area contributed by atoms with Crippen molar-refractivity contribution in [2.24, 2.45) is 4.99 Å². The number of nitrogens with one attached hydrogen (secondary N) is 3. The van der Waals surface area contributed by atoms with Gasteiger partial charge in [0.1, 0.15) is 5.82 Å². The van der Waals surface area contributed by atoms with Crippen molar-refractivity contribution in [1.29, 1.82) is 0 Å². The minimum absolute atomic E-state index is 0.0934. The molecule has 1 aromatic heterocycles. The van der Waals surface area contributed by atoms with Crippen molar-refractivity contribution >= 4 is 29.3 Å². The molecule has 1 amide bonds. The van der Waals surface area contributed by atoms with Crippen molar-refractivity contribution in [3.8, 4) is 0 Å². The molecule has 26 heavy (non-hydrogen) atoms. The Bertz CT molecular complexity index is 746. The Morgan fingerprint density at radius 2 is 1.92 bits per heavy atom. The van der Waals surface area contributed by atoms with Crippen LogP contribution in [-0.2, 0) is 11.3 Å². The fourth-order valence-electron chi connectivity index (χ4n) is 2.21. The fraction of sp³-hybridized carbons (Fsp3) is 0.316. The van der Waals surface area contributed by atoms with E-state index >= 15 is 0 Å². The van der Waals surface area contributed by atoms with Gasteiger partial charge in [-0.15, -0.1) is 0 Å². The lowest BCUT2D eigenvalue weighted by atomic mass is 10.2. The predicted octanol–water partition coefficient (Wildman–Crippen LogP) is 3.13. The van der Waals surface area contributed by atoms with E-state index < -0.39 is 0 Å². The van der Waals surface area contributed by atoms with Crippen LogP contribution >= 0.6 is 11.6 Å². The number of hydrogen-bond donors (Lipinski definition) is 3. The van der Waals surface area contributed by atoms with Gasteiger partial charge in [0.05, 0.1) is 6.54 Å². The molecule has 0 fully saturated rings. The number of hydrogen-bond acceptors (Lipinski definition) is 3. The van der Waals surface area contributed by atoms with Gasteiger partial charge in [0.2, 0.25) is 5.91 Å². The number of amides is 1. The van der Waals surface area contributed by atoms with E-state index in [1.54, 1.807) is 6.07 Å². The second-order valence-corrected chi connectivity index (χ2v) is 6.15. The van der Waals surface area contributed by atoms with Crippen LogP contribution in [0.25, 0.3) is 0 Å². The first-order valence-corrected chi connectivity index (χ1v) is 8.94. The zero-order valence-corrected chi connectivity index (χ0v) is 15.8. The van der Waals surface area contributed by atoms with Crippen LogP contribution in [0.2, 0.25) is 5.02 Å². The highest BCUT2D eigenvalue weighted by Crippen LogP contribution is 2.10. The van der Waals surface area contributed by atoms with E-state index in [1.807, 2.05) is 50.2 Å². The second kappa shape index (κ2) is 10.4. The minimum atomic E-state index is -0.0934. The first-order chi connectivity index (χ1) is 12.6. The number of aromatic nitrogens is 1. The predicted molar refractivity (Wildman–Crippen MR) is 106 cm³/mol. The van der Waals surface area contributed by atoms with E-state index in [0.29, 0.717) is 36.3 Å². The number of carbonyl (C=O) groups excluding carboxylic acids is 1. The summed E-state index contributed by atoms with van der Waals surface area (Å²) in [5.41, 5.74) is 1.93. The summed E-state index contributed by atoms with van der Waals surface area (Å²) in [4.78, 5) is 20.8. The molecule has 6 nitrogen and oxygen atoms in total. The van der Waals surface area contributed by atoms with Gasteiger partial charge in [-0.05, 0) is 43.7 Å². The normalized spacial score (nSPS) is 11.1. The number of nitrogens with zero attached hydrogens (tertiary/aromatic N) is 2. The maximum absolute atomic E-state index is 12.0. The minimum Gasteiger partial charge on any atom is -0.357 e. The largest absolute Gasteiger partial charge is 0.357 e. The Balaban J connectivity index is 1.80. The van der Waals surface area contributed by atoms with Gasteiger partial charge in [-0.25, -0.2) is 9.98 Å². The molecule has 1 heterocycles. The third kappa shape index (κ3) is 7.11. The van der Waals surface area contributed by atoms with Crippen LogP contribution in [0.15, 0.2) is 47.5 Å². The summed E-state index contributed by atoms with van der Waals surface area (Å²) in [7, 11) is 0. The standard InChI is InChI=1S/C19H24ClN5O/c1-3-21-19(23-13-15-7-9-16(20)10-8-15)22-12-11-18(26)25-17-6-4-5-14(2)24-17/h4-10H,3,11-13H2,1-2H3,(H2,21,22,23)(H,24,25,26). The van der Waals surface area contributed by atoms with Crippen LogP contribution in [0.5, 0.6) is 0 Å². The monoisotopic (exact) mass is 373 g/mol. The van der Waals surface area contributed by atoms with Crippen LogP contribution in [0.4, 0.5) is 5.82 Å². The molecule has 0 atom stereocenters. The first-order valence-electron chi connectivity index (χ1n) is 8.57. The highest BCUT2D eigenvalue weighted by molar-refractivity contribution is 6.30. The Morgan fingerprint density at radius 3 is 2.62 bits per heavy atom. The molecule has 0 spiro atoms. The number of aryl methyl sites for hydroxylation is 1. The average Bonchev–Trinajstić information content (AvgIpc) is 2.61. The summed E-state index contributed by atoms with van der Waals surface area (Å²) >= 11 is 5.89. The van der Waals surface area contributed by atoms with E-state index in [9.17, 15) is 4.79 Å². The fourth-order valence-corrected chi connectivity index (χ4v) is 2.34. The Kier molecular flexibility index (Phi) is 7.89. The van der Waals surface area contributed by atoms with Gasteiger partial charge >= 0.3 is 0 Å². The molecule has 3 N–H and O–H groups in total. The number of halogens is 1. The van der Waals surface area contributed by atoms with Crippen molar-refractivity contribution in [2.45, 2.75) is 26.8 Å². The lowest BCUT2D eigenvalue weighted by molar-refractivity contribution is -0.116. The van der Waals surface area contributed by atoms with Gasteiger partial charge in [-0.3, -0.25) is 4.79 Å². The zero-order chi connectivity index (χ0) is 18.8. The number of rotatable bonds is 7. The third-order valence-electron chi connectivity index (χ3n) is 3.48. The van der Waals surface area contributed by atoms with E-state index in [1.165, 1.54) is 0 Å². The van der Waals surface area contributed by atoms with Gasteiger partial charge in [-0.2, -0.15) is 0 Å². The van der Waals surface area contributed by atoms with Crippen molar-refractivity contribution in [3.05, 3.63) is 58.7 Å². The number of aliphatic imine (C=N–C) groups is 1. The summed E-state index contributed by atoms with van der Waals surface area (Å²) in [6.07, 6.45) is 0.320. The molecule has 0 aliphatic heterocycles. The highest BCUT2D eigenvalue weighted by Gasteiger charge is 2.04. The number of guanidine groups is 1. The van der Waals surface area contributed by atoms with Gasteiger partial charge in [0.25, 0.3) is 0 Å². The van der Waals surface area contributed by atoms with E-state index in [2.05, 4.69) is 25.9 Å². The SMILES string of the molecule is CCNC(=NCc1ccc(Cl)cc1)NCCC(=O)Nc1cccc(C)n1. The average molecular weight is 374 g/mol. The quantitative estimate of drug-likeness (QED) is 0.514. The van der Waals surface area contributed by atoms with E-state index in [0.717, 1.165) is 17.8 Å². The molecule has 0 aliphatic rings. The zero-order valence-electron chi connectivity index (χ0n) is 15.1. The number of anilines is 1. The maximum Gasteiger partial charge on any atom is 0.227 e. The summed E-state index contributed by atoms with van der Waals surface area (Å²) in [5, 5.41) is 9.82. The summed E-state index contributed by atoms with van der Waals surface area (Å²) < 4.78 is 0. The van der Waals surface area contributed by atoms with Crippen molar-refractivity contribution in [2.75, 3.05) is 18.4 Å². The molecule has 0 saturated heterocycles. The number of carbonyl (C=O) groups is 1. The van der Waals surface area contributed by atoms with E-state index in [-0.39, 0.29) is 5.91 Å². The van der Waals surface area contributed by atoms with Crippen LogP contribution < -0.4 is 16.0 Å². The molecular formula is C19H24ClN5O. The smallest absolute Gasteiger partial charge is 0.227 e. The van der Waals surface area contributed by atoms with Gasteiger partial charge < -0.3 is 16.0 Å². The number of benzene rings is 1. The first kappa shape index (κ1) is 19.7. The van der Waals surface area contributed by atoms with Crippen molar-refractivity contribution < 1.29 is 4.79 Å². The third-order valence-corrected chi connectivity index (χ3v) is 3.73. The van der Waals surface area contributed by atoms with E-state index in [4.69, 9.17) is 11.6 Å². The lowest BCUT2D eigenvalue weighted by Crippen LogP contribution is -2.38. The number of pyridine rings is 1. The lowest BCUT2D eigenvalue weighted by Gasteiger charge is -2.11. The van der Waals surface area contributed by atoms with Crippen molar-refractivity contribution in [1.82, 2.24) is 15.6 Å². The highest BCUT2D eigenvalue weighted by atomic mass is 35.5. The maximum atomic E-state index is 12.0. The summed E-state index contributed by atoms with van der Waals surface area (Å²) in [6, 6.07) is 13.1. The van der Waals surface area contributed by atoms with Crippen LogP contribution in [0.3, 0.4) is 0 Å². The Labute approximate surface area is 159 Å². The molecule has 2 aromatic rings. The van der Waals surface area contributed by atoms with Gasteiger partial charge in [0.15, 0.2) is 5.96 Å².